The van der Waals surface area contributed by atoms with Crippen LogP contribution in [-0.4, -0.2) is 40.0 Å². The maximum absolute atomic E-state index is 4.53. The molecule has 0 radical (unpaired) electrons. The van der Waals surface area contributed by atoms with E-state index in [1.54, 1.807) is 17.7 Å². The van der Waals surface area contributed by atoms with Crippen molar-refractivity contribution >= 4 is 27.4 Å². The van der Waals surface area contributed by atoms with Crippen molar-refractivity contribution in [2.24, 2.45) is 0 Å². The summed E-state index contributed by atoms with van der Waals surface area (Å²) in [5, 5.41) is 4.95. The summed E-state index contributed by atoms with van der Waals surface area (Å²) in [7, 11) is 0. The molecular weight excluding hydrogens is 280 g/mol. The summed E-state index contributed by atoms with van der Waals surface area (Å²) in [6, 6.07) is 1.35. The van der Waals surface area contributed by atoms with Gasteiger partial charge in [0.05, 0.1) is 5.39 Å². The van der Waals surface area contributed by atoms with Crippen LogP contribution in [-0.2, 0) is 0 Å². The summed E-state index contributed by atoms with van der Waals surface area (Å²) in [5.41, 5.74) is 1.33. The fraction of sp³-hybridized carbons (Fsp3) is 0.625. The minimum Gasteiger partial charge on any atom is -0.367 e. The Morgan fingerprint density at radius 3 is 3.05 bits per heavy atom. The van der Waals surface area contributed by atoms with Crippen LogP contribution in [0.15, 0.2) is 6.33 Å². The van der Waals surface area contributed by atoms with Crippen molar-refractivity contribution in [2.45, 2.75) is 51.6 Å². The highest BCUT2D eigenvalue weighted by Gasteiger charge is 2.32. The smallest absolute Gasteiger partial charge is 0.138 e. The Labute approximate surface area is 129 Å². The van der Waals surface area contributed by atoms with E-state index in [4.69, 9.17) is 0 Å². The molecule has 2 aromatic rings. The van der Waals surface area contributed by atoms with Crippen molar-refractivity contribution in [3.05, 3.63) is 16.8 Å². The van der Waals surface area contributed by atoms with E-state index in [1.165, 1.54) is 54.6 Å². The molecule has 21 heavy (non-hydrogen) atoms. The highest BCUT2D eigenvalue weighted by molar-refractivity contribution is 7.18. The number of fused-ring (bicyclic) bond motifs is 2. The van der Waals surface area contributed by atoms with Crippen LogP contribution in [0.25, 0.3) is 10.2 Å². The molecule has 0 spiro atoms. The van der Waals surface area contributed by atoms with Crippen molar-refractivity contribution in [3.8, 4) is 0 Å². The fourth-order valence-electron chi connectivity index (χ4n) is 3.84. The first kappa shape index (κ1) is 13.5. The van der Waals surface area contributed by atoms with Gasteiger partial charge >= 0.3 is 0 Å². The van der Waals surface area contributed by atoms with E-state index in [9.17, 15) is 0 Å². The molecule has 112 valence electrons. The largest absolute Gasteiger partial charge is 0.367 e. The molecule has 4 heterocycles. The van der Waals surface area contributed by atoms with Crippen LogP contribution in [0, 0.1) is 13.8 Å². The first-order chi connectivity index (χ1) is 10.2. The summed E-state index contributed by atoms with van der Waals surface area (Å²) in [5.74, 6) is 1.04. The van der Waals surface area contributed by atoms with Crippen LogP contribution in [0.2, 0.25) is 0 Å². The van der Waals surface area contributed by atoms with Crippen LogP contribution in [0.1, 0.15) is 36.1 Å². The third-order valence-electron chi connectivity index (χ3n) is 5.13. The quantitative estimate of drug-likeness (QED) is 0.923. The van der Waals surface area contributed by atoms with Gasteiger partial charge in [-0.15, -0.1) is 11.3 Å². The zero-order valence-electron chi connectivity index (χ0n) is 12.7. The van der Waals surface area contributed by atoms with E-state index >= 15 is 0 Å². The lowest BCUT2D eigenvalue weighted by Gasteiger charge is -2.35. The number of rotatable bonds is 2. The van der Waals surface area contributed by atoms with E-state index in [0.717, 1.165) is 16.7 Å². The standard InChI is InChI=1S/C16H22N4S/c1-10-11(2)21-16-14(10)15(17-9-18-16)19-12-5-7-20-6-3-4-13(20)8-12/h9,12-13H,3-8H2,1-2H3,(H,17,18,19). The predicted molar refractivity (Wildman–Crippen MR) is 88.1 cm³/mol. The number of aryl methyl sites for hydroxylation is 2. The fourth-order valence-corrected chi connectivity index (χ4v) is 4.84. The Morgan fingerprint density at radius 1 is 1.24 bits per heavy atom. The highest BCUT2D eigenvalue weighted by Crippen LogP contribution is 2.34. The lowest BCUT2D eigenvalue weighted by Crippen LogP contribution is -2.42. The van der Waals surface area contributed by atoms with Crippen LogP contribution >= 0.6 is 11.3 Å². The number of thiophene rings is 1. The first-order valence-corrected chi connectivity index (χ1v) is 8.75. The van der Waals surface area contributed by atoms with Gasteiger partial charge < -0.3 is 10.2 Å². The maximum atomic E-state index is 4.53. The van der Waals surface area contributed by atoms with Gasteiger partial charge in [0.25, 0.3) is 0 Å². The zero-order chi connectivity index (χ0) is 14.4. The van der Waals surface area contributed by atoms with Gasteiger partial charge in [-0.2, -0.15) is 0 Å². The SMILES string of the molecule is Cc1sc2ncnc(NC3CCN4CCCC4C3)c2c1C. The number of aromatic nitrogens is 2. The van der Waals surface area contributed by atoms with Crippen molar-refractivity contribution in [1.82, 2.24) is 14.9 Å². The topological polar surface area (TPSA) is 41.1 Å². The van der Waals surface area contributed by atoms with Crippen LogP contribution in [0.5, 0.6) is 0 Å². The Bertz CT molecular complexity index is 666. The molecule has 2 atom stereocenters. The Morgan fingerprint density at radius 2 is 2.14 bits per heavy atom. The molecule has 4 rings (SSSR count). The van der Waals surface area contributed by atoms with Gasteiger partial charge in [-0.25, -0.2) is 9.97 Å². The lowest BCUT2D eigenvalue weighted by molar-refractivity contribution is 0.188. The maximum Gasteiger partial charge on any atom is 0.138 e. The van der Waals surface area contributed by atoms with Crippen LogP contribution < -0.4 is 5.32 Å². The van der Waals surface area contributed by atoms with Gasteiger partial charge in [0.1, 0.15) is 17.0 Å². The summed E-state index contributed by atoms with van der Waals surface area (Å²) in [6.07, 6.45) is 6.93. The molecule has 0 aliphatic carbocycles. The molecule has 0 amide bonds. The molecule has 2 aromatic heterocycles. The number of nitrogens with zero attached hydrogens (tertiary/aromatic N) is 3. The minimum atomic E-state index is 0.557. The summed E-state index contributed by atoms with van der Waals surface area (Å²) in [6.45, 7) is 6.89. The van der Waals surface area contributed by atoms with E-state index in [2.05, 4.69) is 34.0 Å². The van der Waals surface area contributed by atoms with Crippen molar-refractivity contribution in [1.29, 1.82) is 0 Å². The summed E-state index contributed by atoms with van der Waals surface area (Å²) >= 11 is 1.77. The van der Waals surface area contributed by atoms with Gasteiger partial charge in [-0.1, -0.05) is 0 Å². The normalized spacial score (nSPS) is 26.2. The second-order valence-corrected chi connectivity index (χ2v) is 7.59. The molecule has 4 nitrogen and oxygen atoms in total. The van der Waals surface area contributed by atoms with Crippen molar-refractivity contribution in [2.75, 3.05) is 18.4 Å². The number of anilines is 1. The zero-order valence-corrected chi connectivity index (χ0v) is 13.5. The number of nitrogens with one attached hydrogen (secondary N) is 1. The molecular formula is C16H22N4S. The molecule has 2 aliphatic heterocycles. The average Bonchev–Trinajstić information content (AvgIpc) is 3.04. The molecule has 2 fully saturated rings. The Balaban J connectivity index is 1.60. The van der Waals surface area contributed by atoms with Gasteiger partial charge in [0, 0.05) is 23.5 Å². The average molecular weight is 302 g/mol. The summed E-state index contributed by atoms with van der Waals surface area (Å²) < 4.78 is 0. The Hall–Kier alpha value is -1.20. The minimum absolute atomic E-state index is 0.557. The van der Waals surface area contributed by atoms with E-state index < -0.39 is 0 Å². The molecule has 0 saturated carbocycles. The molecule has 0 aromatic carbocycles. The lowest BCUT2D eigenvalue weighted by atomic mass is 9.97. The second-order valence-electron chi connectivity index (χ2n) is 6.38. The third kappa shape index (κ3) is 2.32. The van der Waals surface area contributed by atoms with Gasteiger partial charge in [0.15, 0.2) is 0 Å². The second kappa shape index (κ2) is 5.21. The van der Waals surface area contributed by atoms with E-state index in [-0.39, 0.29) is 0 Å². The molecule has 2 saturated heterocycles. The predicted octanol–water partition coefficient (Wildman–Crippen LogP) is 3.35. The number of piperidine rings is 1. The van der Waals surface area contributed by atoms with Crippen molar-refractivity contribution < 1.29 is 0 Å². The van der Waals surface area contributed by atoms with Crippen LogP contribution in [0.3, 0.4) is 0 Å². The number of hydrogen-bond acceptors (Lipinski definition) is 5. The summed E-state index contributed by atoms with van der Waals surface area (Å²) in [4.78, 5) is 14.1. The van der Waals surface area contributed by atoms with E-state index in [0.29, 0.717) is 6.04 Å². The molecule has 5 heteroatoms. The number of hydrogen-bond donors (Lipinski definition) is 1. The molecule has 0 bridgehead atoms. The molecule has 2 aliphatic rings. The van der Waals surface area contributed by atoms with Gasteiger partial charge in [0.2, 0.25) is 0 Å². The van der Waals surface area contributed by atoms with Crippen LogP contribution in [0.4, 0.5) is 5.82 Å². The Kier molecular flexibility index (Phi) is 3.34. The van der Waals surface area contributed by atoms with Gasteiger partial charge in [-0.3, -0.25) is 0 Å². The first-order valence-electron chi connectivity index (χ1n) is 7.93. The monoisotopic (exact) mass is 302 g/mol. The molecule has 1 N–H and O–H groups in total. The molecule has 2 unspecified atom stereocenters. The van der Waals surface area contributed by atoms with Gasteiger partial charge in [-0.05, 0) is 51.6 Å². The van der Waals surface area contributed by atoms with Crippen molar-refractivity contribution in [3.63, 3.8) is 0 Å². The van der Waals surface area contributed by atoms with E-state index in [1.807, 2.05) is 0 Å². The highest BCUT2D eigenvalue weighted by atomic mass is 32.1. The third-order valence-corrected chi connectivity index (χ3v) is 6.24.